The van der Waals surface area contributed by atoms with E-state index in [4.69, 9.17) is 9.84 Å². The number of rotatable bonds is 5. The molecule has 1 aromatic heterocycles. The number of aromatic nitrogens is 1. The highest BCUT2D eigenvalue weighted by Gasteiger charge is 2.10. The minimum Gasteiger partial charge on any atom is -0.478 e. The Morgan fingerprint density at radius 2 is 2.33 bits per heavy atom. The van der Waals surface area contributed by atoms with Crippen molar-refractivity contribution in [2.75, 3.05) is 32.8 Å². The number of nitrogens with zero attached hydrogens (tertiary/aromatic N) is 2. The fourth-order valence-electron chi connectivity index (χ4n) is 1.75. The summed E-state index contributed by atoms with van der Waals surface area (Å²) >= 11 is 1.54. The smallest absolute Gasteiger partial charge is 0.328 e. The van der Waals surface area contributed by atoms with Crippen molar-refractivity contribution < 1.29 is 14.6 Å². The van der Waals surface area contributed by atoms with Crippen LogP contribution in [0.2, 0.25) is 0 Å². The fourth-order valence-corrected chi connectivity index (χ4v) is 2.56. The molecule has 0 aromatic carbocycles. The van der Waals surface area contributed by atoms with E-state index < -0.39 is 5.97 Å². The molecule has 0 radical (unpaired) electrons. The molecule has 1 fully saturated rings. The van der Waals surface area contributed by atoms with Crippen LogP contribution in [0.1, 0.15) is 9.88 Å². The van der Waals surface area contributed by atoms with Gasteiger partial charge in [-0.1, -0.05) is 0 Å². The van der Waals surface area contributed by atoms with Crippen molar-refractivity contribution in [2.24, 2.45) is 0 Å². The second kappa shape index (κ2) is 6.63. The second-order valence-electron chi connectivity index (χ2n) is 4.03. The number of carboxylic acid groups (broad SMARTS) is 1. The third-order valence-electron chi connectivity index (χ3n) is 2.71. The first-order valence-electron chi connectivity index (χ1n) is 5.90. The van der Waals surface area contributed by atoms with E-state index in [-0.39, 0.29) is 0 Å². The Morgan fingerprint density at radius 1 is 1.56 bits per heavy atom. The molecule has 2 heterocycles. The molecule has 1 saturated heterocycles. The van der Waals surface area contributed by atoms with Crippen molar-refractivity contribution in [1.29, 1.82) is 0 Å². The molecule has 0 amide bonds. The summed E-state index contributed by atoms with van der Waals surface area (Å²) in [5, 5.41) is 9.58. The molecule has 18 heavy (non-hydrogen) atoms. The van der Waals surface area contributed by atoms with Crippen LogP contribution in [0.3, 0.4) is 0 Å². The maximum atomic E-state index is 10.4. The highest BCUT2D eigenvalue weighted by atomic mass is 32.1. The maximum absolute atomic E-state index is 10.4. The van der Waals surface area contributed by atoms with Crippen LogP contribution >= 0.6 is 11.3 Å². The van der Waals surface area contributed by atoms with E-state index in [1.807, 2.05) is 0 Å². The number of ether oxygens (including phenoxy) is 1. The number of aliphatic carboxylic acids is 1. The van der Waals surface area contributed by atoms with Gasteiger partial charge in [-0.15, -0.1) is 11.3 Å². The van der Waals surface area contributed by atoms with Crippen molar-refractivity contribution in [3.63, 3.8) is 0 Å². The molecule has 6 heteroatoms. The minimum atomic E-state index is -0.932. The summed E-state index contributed by atoms with van der Waals surface area (Å²) in [6.45, 7) is 4.57. The number of morpholine rings is 1. The number of carboxylic acids is 1. The van der Waals surface area contributed by atoms with Gasteiger partial charge in [0.2, 0.25) is 0 Å². The van der Waals surface area contributed by atoms with Crippen molar-refractivity contribution >= 4 is 23.4 Å². The van der Waals surface area contributed by atoms with E-state index in [1.54, 1.807) is 23.6 Å². The van der Waals surface area contributed by atoms with Crippen LogP contribution in [-0.4, -0.2) is 53.8 Å². The molecule has 1 aliphatic heterocycles. The van der Waals surface area contributed by atoms with Crippen molar-refractivity contribution in [3.8, 4) is 0 Å². The van der Waals surface area contributed by atoms with Gasteiger partial charge in [-0.3, -0.25) is 4.90 Å². The fraction of sp³-hybridized carbons (Fsp3) is 0.500. The Morgan fingerprint density at radius 3 is 3.06 bits per heavy atom. The van der Waals surface area contributed by atoms with Gasteiger partial charge < -0.3 is 9.84 Å². The van der Waals surface area contributed by atoms with Crippen LogP contribution in [-0.2, 0) is 16.0 Å². The molecule has 1 aromatic rings. The van der Waals surface area contributed by atoms with E-state index in [1.165, 1.54) is 0 Å². The van der Waals surface area contributed by atoms with Crippen LogP contribution < -0.4 is 0 Å². The molecule has 0 bridgehead atoms. The number of carbonyl (C=O) groups is 1. The van der Waals surface area contributed by atoms with Crippen molar-refractivity contribution in [3.05, 3.63) is 22.2 Å². The van der Waals surface area contributed by atoms with Crippen LogP contribution in [0, 0.1) is 0 Å². The molecule has 0 unspecified atom stereocenters. The third-order valence-corrected chi connectivity index (χ3v) is 3.73. The molecule has 1 N–H and O–H groups in total. The lowest BCUT2D eigenvalue weighted by molar-refractivity contribution is -0.131. The topological polar surface area (TPSA) is 62.7 Å². The molecular weight excluding hydrogens is 252 g/mol. The number of hydrogen-bond donors (Lipinski definition) is 1. The zero-order chi connectivity index (χ0) is 12.8. The Balaban J connectivity index is 1.80. The molecule has 0 atom stereocenters. The Labute approximate surface area is 110 Å². The quantitative estimate of drug-likeness (QED) is 0.811. The van der Waals surface area contributed by atoms with Gasteiger partial charge >= 0.3 is 5.97 Å². The first-order chi connectivity index (χ1) is 8.74. The predicted octanol–water partition coefficient (Wildman–Crippen LogP) is 1.12. The number of hydrogen-bond acceptors (Lipinski definition) is 5. The highest BCUT2D eigenvalue weighted by Crippen LogP contribution is 2.15. The SMILES string of the molecule is O=C(O)/C=C/c1cnc(CCN2CCOCC2)s1. The van der Waals surface area contributed by atoms with E-state index >= 15 is 0 Å². The van der Waals surface area contributed by atoms with Gasteiger partial charge in [0.25, 0.3) is 0 Å². The van der Waals surface area contributed by atoms with Crippen molar-refractivity contribution in [2.45, 2.75) is 6.42 Å². The lowest BCUT2D eigenvalue weighted by atomic mass is 10.3. The van der Waals surface area contributed by atoms with Gasteiger partial charge in [0.15, 0.2) is 0 Å². The van der Waals surface area contributed by atoms with Gasteiger partial charge in [0.1, 0.15) is 0 Å². The van der Waals surface area contributed by atoms with Gasteiger partial charge in [-0.25, -0.2) is 9.78 Å². The first kappa shape index (κ1) is 13.2. The average Bonchev–Trinajstić information content (AvgIpc) is 2.83. The van der Waals surface area contributed by atoms with E-state index in [0.29, 0.717) is 0 Å². The van der Waals surface area contributed by atoms with E-state index in [2.05, 4.69) is 9.88 Å². The molecule has 98 valence electrons. The molecule has 1 aliphatic rings. The lowest BCUT2D eigenvalue weighted by Gasteiger charge is -2.25. The molecule has 0 aliphatic carbocycles. The molecular formula is C12H16N2O3S. The predicted molar refractivity (Wildman–Crippen MR) is 69.7 cm³/mol. The molecule has 0 saturated carbocycles. The van der Waals surface area contributed by atoms with Crippen LogP contribution in [0.15, 0.2) is 12.3 Å². The molecule has 5 nitrogen and oxygen atoms in total. The minimum absolute atomic E-state index is 0.810. The maximum Gasteiger partial charge on any atom is 0.328 e. The van der Waals surface area contributed by atoms with Gasteiger partial charge in [0, 0.05) is 43.2 Å². The Hall–Kier alpha value is -1.24. The molecule has 0 spiro atoms. The van der Waals surface area contributed by atoms with Crippen LogP contribution in [0.5, 0.6) is 0 Å². The summed E-state index contributed by atoms with van der Waals surface area (Å²) in [7, 11) is 0. The van der Waals surface area contributed by atoms with Crippen molar-refractivity contribution in [1.82, 2.24) is 9.88 Å². The summed E-state index contributed by atoms with van der Waals surface area (Å²) in [4.78, 5) is 17.9. The third kappa shape index (κ3) is 4.21. The second-order valence-corrected chi connectivity index (χ2v) is 5.18. The van der Waals surface area contributed by atoms with Gasteiger partial charge in [-0.2, -0.15) is 0 Å². The number of thiazole rings is 1. The largest absolute Gasteiger partial charge is 0.478 e. The Kier molecular flexibility index (Phi) is 4.86. The zero-order valence-electron chi connectivity index (χ0n) is 10.0. The summed E-state index contributed by atoms with van der Waals surface area (Å²) in [6, 6.07) is 0. The summed E-state index contributed by atoms with van der Waals surface area (Å²) in [5.41, 5.74) is 0. The lowest BCUT2D eigenvalue weighted by Crippen LogP contribution is -2.37. The van der Waals surface area contributed by atoms with Gasteiger partial charge in [0.05, 0.1) is 18.2 Å². The van der Waals surface area contributed by atoms with E-state index in [9.17, 15) is 4.79 Å². The van der Waals surface area contributed by atoms with Crippen LogP contribution in [0.25, 0.3) is 6.08 Å². The van der Waals surface area contributed by atoms with E-state index in [0.717, 1.165) is 55.2 Å². The normalized spacial score (nSPS) is 17.3. The summed E-state index contributed by atoms with van der Waals surface area (Å²) in [6.07, 6.45) is 5.35. The van der Waals surface area contributed by atoms with Crippen LogP contribution in [0.4, 0.5) is 0 Å². The monoisotopic (exact) mass is 268 g/mol. The summed E-state index contributed by atoms with van der Waals surface area (Å²) in [5.74, 6) is -0.932. The zero-order valence-corrected chi connectivity index (χ0v) is 10.9. The highest BCUT2D eigenvalue weighted by molar-refractivity contribution is 7.12. The first-order valence-corrected chi connectivity index (χ1v) is 6.71. The molecule has 2 rings (SSSR count). The Bertz CT molecular complexity index is 425. The average molecular weight is 268 g/mol. The standard InChI is InChI=1S/C12H16N2O3S/c15-12(16)2-1-10-9-13-11(18-10)3-4-14-5-7-17-8-6-14/h1-2,9H,3-8H2,(H,15,16)/b2-1+. The summed E-state index contributed by atoms with van der Waals surface area (Å²) < 4.78 is 5.29. The van der Waals surface area contributed by atoms with Gasteiger partial charge in [-0.05, 0) is 6.08 Å².